The van der Waals surface area contributed by atoms with E-state index in [4.69, 9.17) is 4.74 Å². The van der Waals surface area contributed by atoms with Gasteiger partial charge in [-0.25, -0.2) is 17.8 Å². The highest BCUT2D eigenvalue weighted by Crippen LogP contribution is 2.35. The minimum absolute atomic E-state index is 0.240. The molecule has 0 aliphatic carbocycles. The molecule has 0 spiro atoms. The molecular weight excluding hydrogens is 393 g/mol. The zero-order chi connectivity index (χ0) is 20.2. The van der Waals surface area contributed by atoms with Crippen LogP contribution in [-0.2, 0) is 16.4 Å². The lowest BCUT2D eigenvalue weighted by Gasteiger charge is -2.32. The van der Waals surface area contributed by atoms with E-state index in [-0.39, 0.29) is 10.8 Å². The second-order valence-electron chi connectivity index (χ2n) is 7.77. The van der Waals surface area contributed by atoms with Gasteiger partial charge in [0.25, 0.3) is 0 Å². The molecule has 1 aromatic carbocycles. The van der Waals surface area contributed by atoms with Crippen LogP contribution in [0.15, 0.2) is 41.7 Å². The standard InChI is InChI=1S/C21H22FN3O3S/c1-14-10-21-23-5-8-24(21)13-17(14)15-2-6-25(7-3-15)29(26,27)20-11-16-4-9-28-19(16)12-18(20)22/h5,8,10-13,15H,2-4,6-7,9H2,1H3. The summed E-state index contributed by atoms with van der Waals surface area (Å²) >= 11 is 0. The maximum Gasteiger partial charge on any atom is 0.245 e. The highest BCUT2D eigenvalue weighted by molar-refractivity contribution is 7.89. The molecule has 0 unspecified atom stereocenters. The molecule has 152 valence electrons. The van der Waals surface area contributed by atoms with Crippen LogP contribution in [0.4, 0.5) is 4.39 Å². The van der Waals surface area contributed by atoms with E-state index in [1.807, 2.05) is 10.6 Å². The van der Waals surface area contributed by atoms with Crippen LogP contribution in [-0.4, -0.2) is 41.8 Å². The molecule has 2 aromatic heterocycles. The van der Waals surface area contributed by atoms with Gasteiger partial charge in [-0.1, -0.05) is 0 Å². The molecule has 4 heterocycles. The number of hydrogen-bond donors (Lipinski definition) is 0. The number of rotatable bonds is 3. The summed E-state index contributed by atoms with van der Waals surface area (Å²) < 4.78 is 49.4. The van der Waals surface area contributed by atoms with Gasteiger partial charge in [-0.15, -0.1) is 0 Å². The third-order valence-corrected chi connectivity index (χ3v) is 7.95. The Morgan fingerprint density at radius 2 is 2.00 bits per heavy atom. The van der Waals surface area contributed by atoms with Crippen LogP contribution in [0.1, 0.15) is 35.4 Å². The molecule has 5 rings (SSSR count). The quantitative estimate of drug-likeness (QED) is 0.659. The number of aryl methyl sites for hydroxylation is 1. The minimum atomic E-state index is -3.87. The van der Waals surface area contributed by atoms with Crippen LogP contribution in [0.25, 0.3) is 5.65 Å². The lowest BCUT2D eigenvalue weighted by atomic mass is 9.89. The number of benzene rings is 1. The molecule has 29 heavy (non-hydrogen) atoms. The summed E-state index contributed by atoms with van der Waals surface area (Å²) in [5.74, 6) is -0.0220. The highest BCUT2D eigenvalue weighted by Gasteiger charge is 2.33. The van der Waals surface area contributed by atoms with E-state index in [0.717, 1.165) is 16.8 Å². The van der Waals surface area contributed by atoms with E-state index in [1.165, 1.54) is 22.0 Å². The number of halogens is 1. The zero-order valence-corrected chi connectivity index (χ0v) is 17.0. The first-order valence-electron chi connectivity index (χ1n) is 9.82. The Morgan fingerprint density at radius 3 is 2.79 bits per heavy atom. The van der Waals surface area contributed by atoms with Crippen LogP contribution < -0.4 is 4.74 Å². The van der Waals surface area contributed by atoms with Crippen LogP contribution in [0.3, 0.4) is 0 Å². The number of hydrogen-bond acceptors (Lipinski definition) is 4. The molecule has 8 heteroatoms. The molecule has 1 saturated heterocycles. The third-order valence-electron chi connectivity index (χ3n) is 6.03. The molecule has 0 radical (unpaired) electrons. The van der Waals surface area contributed by atoms with E-state index in [9.17, 15) is 12.8 Å². The number of pyridine rings is 1. The minimum Gasteiger partial charge on any atom is -0.493 e. The first kappa shape index (κ1) is 18.6. The smallest absolute Gasteiger partial charge is 0.245 e. The number of piperidine rings is 1. The Balaban J connectivity index is 1.38. The molecule has 0 N–H and O–H groups in total. The Labute approximate surface area is 169 Å². The van der Waals surface area contributed by atoms with Crippen molar-refractivity contribution in [3.8, 4) is 5.75 Å². The number of aromatic nitrogens is 2. The van der Waals surface area contributed by atoms with Crippen molar-refractivity contribution in [2.45, 2.75) is 37.0 Å². The molecule has 0 bridgehead atoms. The van der Waals surface area contributed by atoms with Gasteiger partial charge in [0, 0.05) is 44.2 Å². The largest absolute Gasteiger partial charge is 0.493 e. The number of ether oxygens (including phenoxy) is 1. The lowest BCUT2D eigenvalue weighted by Crippen LogP contribution is -2.38. The zero-order valence-electron chi connectivity index (χ0n) is 16.1. The SMILES string of the molecule is Cc1cc2nccn2cc1C1CCN(S(=O)(=O)c2cc3c(cc2F)OCC3)CC1. The number of nitrogens with zero attached hydrogens (tertiary/aromatic N) is 3. The summed E-state index contributed by atoms with van der Waals surface area (Å²) in [6, 6.07) is 4.70. The first-order chi connectivity index (χ1) is 13.9. The van der Waals surface area contributed by atoms with Crippen molar-refractivity contribution < 1.29 is 17.5 Å². The average Bonchev–Trinajstić information content (AvgIpc) is 3.35. The van der Waals surface area contributed by atoms with Crippen LogP contribution in [0, 0.1) is 12.7 Å². The molecule has 1 fully saturated rings. The number of fused-ring (bicyclic) bond motifs is 2. The van der Waals surface area contributed by atoms with Crippen molar-refractivity contribution in [1.82, 2.24) is 13.7 Å². The van der Waals surface area contributed by atoms with Crippen molar-refractivity contribution >= 4 is 15.7 Å². The summed E-state index contributed by atoms with van der Waals surface area (Å²) in [6.07, 6.45) is 7.79. The van der Waals surface area contributed by atoms with Crippen molar-refractivity contribution in [3.63, 3.8) is 0 Å². The monoisotopic (exact) mass is 415 g/mol. The molecule has 6 nitrogen and oxygen atoms in total. The van der Waals surface area contributed by atoms with Crippen molar-refractivity contribution in [1.29, 1.82) is 0 Å². The fraction of sp³-hybridized carbons (Fsp3) is 0.381. The first-order valence-corrected chi connectivity index (χ1v) is 11.3. The van der Waals surface area contributed by atoms with Gasteiger partial charge < -0.3 is 9.14 Å². The lowest BCUT2D eigenvalue weighted by molar-refractivity contribution is 0.317. The summed E-state index contributed by atoms with van der Waals surface area (Å²) in [5.41, 5.74) is 4.04. The third kappa shape index (κ3) is 3.11. The molecule has 0 atom stereocenters. The second kappa shape index (κ2) is 6.81. The molecular formula is C21H22FN3O3S. The van der Waals surface area contributed by atoms with E-state index < -0.39 is 15.8 Å². The topological polar surface area (TPSA) is 63.9 Å². The van der Waals surface area contributed by atoms with Crippen molar-refractivity contribution in [2.75, 3.05) is 19.7 Å². The Morgan fingerprint density at radius 1 is 1.21 bits per heavy atom. The van der Waals surface area contributed by atoms with Gasteiger partial charge >= 0.3 is 0 Å². The Hall–Kier alpha value is -2.45. The fourth-order valence-corrected chi connectivity index (χ4v) is 5.99. The molecule has 2 aliphatic heterocycles. The molecule has 2 aliphatic rings. The number of imidazole rings is 1. The fourth-order valence-electron chi connectivity index (χ4n) is 4.42. The second-order valence-corrected chi connectivity index (χ2v) is 9.68. The predicted octanol–water partition coefficient (Wildman–Crippen LogP) is 3.29. The van der Waals surface area contributed by atoms with Crippen molar-refractivity contribution in [2.24, 2.45) is 0 Å². The summed E-state index contributed by atoms with van der Waals surface area (Å²) in [5, 5.41) is 0. The van der Waals surface area contributed by atoms with E-state index in [1.54, 1.807) is 6.20 Å². The van der Waals surface area contributed by atoms with Gasteiger partial charge in [0.15, 0.2) is 0 Å². The molecule has 3 aromatic rings. The Bertz CT molecular complexity index is 1200. The van der Waals surface area contributed by atoms with Gasteiger partial charge in [0.05, 0.1) is 6.61 Å². The molecule has 0 saturated carbocycles. The van der Waals surface area contributed by atoms with Gasteiger partial charge in [-0.2, -0.15) is 4.31 Å². The van der Waals surface area contributed by atoms with E-state index >= 15 is 0 Å². The molecule has 0 amide bonds. The van der Waals surface area contributed by atoms with Crippen LogP contribution in [0.5, 0.6) is 5.75 Å². The number of sulfonamides is 1. The predicted molar refractivity (Wildman–Crippen MR) is 106 cm³/mol. The average molecular weight is 415 g/mol. The van der Waals surface area contributed by atoms with Gasteiger partial charge in [-0.05, 0) is 54.5 Å². The van der Waals surface area contributed by atoms with Crippen molar-refractivity contribution in [3.05, 3.63) is 59.3 Å². The Kier molecular flexibility index (Phi) is 4.36. The normalized spacial score (nSPS) is 18.1. The maximum absolute atomic E-state index is 14.5. The summed E-state index contributed by atoms with van der Waals surface area (Å²) in [4.78, 5) is 4.07. The van der Waals surface area contributed by atoms with Gasteiger partial charge in [0.2, 0.25) is 10.0 Å². The van der Waals surface area contributed by atoms with Gasteiger partial charge in [0.1, 0.15) is 22.1 Å². The van der Waals surface area contributed by atoms with E-state index in [2.05, 4.69) is 24.2 Å². The van der Waals surface area contributed by atoms with E-state index in [0.29, 0.717) is 44.7 Å². The van der Waals surface area contributed by atoms with Crippen LogP contribution in [0.2, 0.25) is 0 Å². The highest BCUT2D eigenvalue weighted by atomic mass is 32.2. The van der Waals surface area contributed by atoms with Gasteiger partial charge in [-0.3, -0.25) is 0 Å². The summed E-state index contributed by atoms with van der Waals surface area (Å²) in [7, 11) is -3.87. The van der Waals surface area contributed by atoms with Crippen LogP contribution >= 0.6 is 0 Å². The maximum atomic E-state index is 14.5. The summed E-state index contributed by atoms with van der Waals surface area (Å²) in [6.45, 7) is 3.28.